The van der Waals surface area contributed by atoms with Crippen molar-refractivity contribution in [2.45, 2.75) is 31.4 Å². The minimum Gasteiger partial charge on any atom is -0.481 e. The lowest BCUT2D eigenvalue weighted by molar-refractivity contribution is -0.188. The van der Waals surface area contributed by atoms with Crippen LogP contribution in [0.1, 0.15) is 30.7 Å². The Labute approximate surface area is 143 Å². The largest absolute Gasteiger partial charge is 0.481 e. The fourth-order valence-corrected chi connectivity index (χ4v) is 3.87. The number of alkyl halides is 3. The SMILES string of the molecule is O=C(O)[C@@H]1CN(C(=O)CC2CC(c3ccccc3)C2)C[C@H]1C(F)(F)F. The van der Waals surface area contributed by atoms with E-state index >= 15 is 0 Å². The Morgan fingerprint density at radius 3 is 2.28 bits per heavy atom. The van der Waals surface area contributed by atoms with Crippen molar-refractivity contribution < 1.29 is 27.9 Å². The third-order valence-corrected chi connectivity index (χ3v) is 5.38. The number of rotatable bonds is 4. The molecule has 0 radical (unpaired) electrons. The first-order chi connectivity index (χ1) is 11.8. The van der Waals surface area contributed by atoms with E-state index in [9.17, 15) is 22.8 Å². The third-order valence-electron chi connectivity index (χ3n) is 5.38. The van der Waals surface area contributed by atoms with Crippen molar-refractivity contribution >= 4 is 11.9 Å². The maximum Gasteiger partial charge on any atom is 0.394 e. The smallest absolute Gasteiger partial charge is 0.394 e. The molecule has 2 atom stereocenters. The molecule has 1 amide bonds. The highest BCUT2D eigenvalue weighted by Crippen LogP contribution is 2.44. The molecule has 1 aromatic rings. The van der Waals surface area contributed by atoms with Gasteiger partial charge in [0.15, 0.2) is 0 Å². The van der Waals surface area contributed by atoms with Gasteiger partial charge in [-0.25, -0.2) is 0 Å². The number of carbonyl (C=O) groups is 2. The van der Waals surface area contributed by atoms with Gasteiger partial charge in [-0.1, -0.05) is 30.3 Å². The summed E-state index contributed by atoms with van der Waals surface area (Å²) in [7, 11) is 0. The van der Waals surface area contributed by atoms with Crippen LogP contribution in [0.25, 0.3) is 0 Å². The standard InChI is InChI=1S/C18H20F3NO3/c19-18(20,21)15-10-22(9-14(15)17(24)25)16(23)8-11-6-13(7-11)12-4-2-1-3-5-12/h1-5,11,13-15H,6-10H2,(H,24,25)/t11?,13?,14-,15-/m1/s1. The summed E-state index contributed by atoms with van der Waals surface area (Å²) in [5.41, 5.74) is 1.22. The first-order valence-electron chi connectivity index (χ1n) is 8.38. The van der Waals surface area contributed by atoms with Gasteiger partial charge in [0.1, 0.15) is 0 Å². The van der Waals surface area contributed by atoms with Gasteiger partial charge in [-0.3, -0.25) is 9.59 Å². The van der Waals surface area contributed by atoms with E-state index in [0.29, 0.717) is 5.92 Å². The van der Waals surface area contributed by atoms with E-state index in [1.807, 2.05) is 30.3 Å². The highest BCUT2D eigenvalue weighted by atomic mass is 19.4. The van der Waals surface area contributed by atoms with Crippen LogP contribution in [0.5, 0.6) is 0 Å². The van der Waals surface area contributed by atoms with E-state index in [0.717, 1.165) is 17.7 Å². The normalized spacial score (nSPS) is 29.3. The molecule has 1 aromatic carbocycles. The topological polar surface area (TPSA) is 57.6 Å². The van der Waals surface area contributed by atoms with Crippen molar-refractivity contribution in [3.05, 3.63) is 35.9 Å². The number of carbonyl (C=O) groups excluding carboxylic acids is 1. The van der Waals surface area contributed by atoms with Crippen LogP contribution in [0.15, 0.2) is 30.3 Å². The van der Waals surface area contributed by atoms with Gasteiger partial charge in [0.25, 0.3) is 0 Å². The van der Waals surface area contributed by atoms with Crippen LogP contribution in [-0.2, 0) is 9.59 Å². The molecule has 1 N–H and O–H groups in total. The lowest BCUT2D eigenvalue weighted by Gasteiger charge is -2.36. The molecule has 0 aromatic heterocycles. The van der Waals surface area contributed by atoms with E-state index in [2.05, 4.69) is 0 Å². The van der Waals surface area contributed by atoms with Crippen LogP contribution in [0.2, 0.25) is 0 Å². The van der Waals surface area contributed by atoms with E-state index in [1.165, 1.54) is 5.56 Å². The lowest BCUT2D eigenvalue weighted by atomic mass is 9.70. The average Bonchev–Trinajstić information content (AvgIpc) is 2.97. The predicted molar refractivity (Wildman–Crippen MR) is 83.8 cm³/mol. The number of benzene rings is 1. The monoisotopic (exact) mass is 355 g/mol. The molecule has 25 heavy (non-hydrogen) atoms. The highest BCUT2D eigenvalue weighted by molar-refractivity contribution is 5.79. The molecule has 7 heteroatoms. The summed E-state index contributed by atoms with van der Waals surface area (Å²) in [5.74, 6) is -4.85. The fraction of sp³-hybridized carbons (Fsp3) is 0.556. The van der Waals surface area contributed by atoms with Crippen molar-refractivity contribution in [3.63, 3.8) is 0 Å². The highest BCUT2D eigenvalue weighted by Gasteiger charge is 2.53. The average molecular weight is 355 g/mol. The number of likely N-dealkylation sites (tertiary alicyclic amines) is 1. The van der Waals surface area contributed by atoms with E-state index in [4.69, 9.17) is 5.11 Å². The lowest BCUT2D eigenvalue weighted by Crippen LogP contribution is -2.35. The first-order valence-corrected chi connectivity index (χ1v) is 8.38. The molecule has 1 heterocycles. The molecular formula is C18H20F3NO3. The summed E-state index contributed by atoms with van der Waals surface area (Å²) < 4.78 is 39.0. The molecule has 2 fully saturated rings. The third kappa shape index (κ3) is 3.80. The second-order valence-electron chi connectivity index (χ2n) is 7.04. The van der Waals surface area contributed by atoms with Crippen LogP contribution in [-0.4, -0.2) is 41.1 Å². The van der Waals surface area contributed by atoms with E-state index < -0.39 is 30.5 Å². The van der Waals surface area contributed by atoms with Gasteiger partial charge in [-0.15, -0.1) is 0 Å². The Balaban J connectivity index is 1.54. The van der Waals surface area contributed by atoms with Crippen molar-refractivity contribution in [1.82, 2.24) is 4.90 Å². The molecule has 1 aliphatic carbocycles. The molecule has 2 aliphatic rings. The zero-order chi connectivity index (χ0) is 18.2. The molecule has 3 rings (SSSR count). The molecule has 1 aliphatic heterocycles. The van der Waals surface area contributed by atoms with Crippen LogP contribution in [0, 0.1) is 17.8 Å². The number of aliphatic carboxylic acids is 1. The van der Waals surface area contributed by atoms with E-state index in [-0.39, 0.29) is 24.8 Å². The Morgan fingerprint density at radius 2 is 1.76 bits per heavy atom. The number of halogens is 3. The number of hydrogen-bond acceptors (Lipinski definition) is 2. The van der Waals surface area contributed by atoms with Gasteiger partial charge in [-0.05, 0) is 30.2 Å². The van der Waals surface area contributed by atoms with Crippen LogP contribution in [0.4, 0.5) is 13.2 Å². The Bertz CT molecular complexity index is 641. The molecular weight excluding hydrogens is 335 g/mol. The van der Waals surface area contributed by atoms with Gasteiger partial charge in [0.2, 0.25) is 5.91 Å². The van der Waals surface area contributed by atoms with Crippen molar-refractivity contribution in [2.75, 3.05) is 13.1 Å². The van der Waals surface area contributed by atoms with Gasteiger partial charge >= 0.3 is 12.1 Å². The van der Waals surface area contributed by atoms with Crippen LogP contribution >= 0.6 is 0 Å². The quantitative estimate of drug-likeness (QED) is 0.902. The molecule has 4 nitrogen and oxygen atoms in total. The predicted octanol–water partition coefficient (Wildman–Crippen LogP) is 3.29. The second kappa shape index (κ2) is 6.69. The van der Waals surface area contributed by atoms with Crippen molar-refractivity contribution in [3.8, 4) is 0 Å². The van der Waals surface area contributed by atoms with Gasteiger partial charge in [0.05, 0.1) is 11.8 Å². The maximum absolute atomic E-state index is 13.0. The summed E-state index contributed by atoms with van der Waals surface area (Å²) in [5, 5.41) is 9.01. The molecule has 0 unspecified atom stereocenters. The maximum atomic E-state index is 13.0. The van der Waals surface area contributed by atoms with Gasteiger partial charge in [0, 0.05) is 19.5 Å². The Morgan fingerprint density at radius 1 is 1.12 bits per heavy atom. The van der Waals surface area contributed by atoms with Crippen molar-refractivity contribution in [2.24, 2.45) is 17.8 Å². The molecule has 1 saturated carbocycles. The number of nitrogens with zero attached hydrogens (tertiary/aromatic N) is 1. The first kappa shape index (κ1) is 17.8. The summed E-state index contributed by atoms with van der Waals surface area (Å²) in [4.78, 5) is 24.5. The zero-order valence-electron chi connectivity index (χ0n) is 13.6. The number of hydrogen-bond donors (Lipinski definition) is 1. The fourth-order valence-electron chi connectivity index (χ4n) is 3.87. The van der Waals surface area contributed by atoms with Gasteiger partial charge in [-0.2, -0.15) is 13.2 Å². The van der Waals surface area contributed by atoms with Gasteiger partial charge < -0.3 is 10.0 Å². The van der Waals surface area contributed by atoms with Crippen molar-refractivity contribution in [1.29, 1.82) is 0 Å². The minimum atomic E-state index is -4.60. The minimum absolute atomic E-state index is 0.158. The van der Waals surface area contributed by atoms with Crippen LogP contribution in [0.3, 0.4) is 0 Å². The summed E-state index contributed by atoms with van der Waals surface area (Å²) in [6.45, 7) is -0.901. The molecule has 136 valence electrons. The van der Waals surface area contributed by atoms with E-state index in [1.54, 1.807) is 0 Å². The zero-order valence-corrected chi connectivity index (χ0v) is 13.6. The Kier molecular flexibility index (Phi) is 4.75. The number of amides is 1. The molecule has 0 spiro atoms. The Hall–Kier alpha value is -2.05. The summed E-state index contributed by atoms with van der Waals surface area (Å²) in [6.07, 6.45) is -2.73. The summed E-state index contributed by atoms with van der Waals surface area (Å²) in [6, 6.07) is 9.93. The second-order valence-corrected chi connectivity index (χ2v) is 7.04. The molecule has 1 saturated heterocycles. The van der Waals surface area contributed by atoms with Crippen LogP contribution < -0.4 is 0 Å². The molecule has 0 bridgehead atoms. The number of carboxylic acid groups (broad SMARTS) is 1. The summed E-state index contributed by atoms with van der Waals surface area (Å²) >= 11 is 0. The number of carboxylic acids is 1.